The number of rotatable bonds is 4. The van der Waals surface area contributed by atoms with Gasteiger partial charge in [-0.25, -0.2) is 27.2 Å². The van der Waals surface area contributed by atoms with Gasteiger partial charge in [0.2, 0.25) is 10.0 Å². The molecule has 0 aromatic heterocycles. The number of nitrogens with one attached hydrogen (secondary N) is 1. The fourth-order valence-electron chi connectivity index (χ4n) is 2.10. The van der Waals surface area contributed by atoms with Gasteiger partial charge in [0.05, 0.1) is 19.3 Å². The Labute approximate surface area is 132 Å². The van der Waals surface area contributed by atoms with Crippen LogP contribution in [0.25, 0.3) is 0 Å². The molecule has 1 fully saturated rings. The lowest BCUT2D eigenvalue weighted by Crippen LogP contribution is -2.45. The van der Waals surface area contributed by atoms with Gasteiger partial charge in [-0.05, 0) is 17.7 Å². The van der Waals surface area contributed by atoms with E-state index < -0.39 is 28.1 Å². The number of carbonyl (C=O) groups is 3. The van der Waals surface area contributed by atoms with Crippen LogP contribution in [0.3, 0.4) is 0 Å². The van der Waals surface area contributed by atoms with Gasteiger partial charge in [-0.15, -0.1) is 0 Å². The van der Waals surface area contributed by atoms with Crippen LogP contribution in [0.5, 0.6) is 5.75 Å². The summed E-state index contributed by atoms with van der Waals surface area (Å²) in [7, 11) is -3.74. The standard InChI is InChI=1S/C13H15N3O6S/c1-23(21,22)16-7-6-15(13(16)20)12(19)14-11(8-17)9-2-4-10(18)5-3-9/h2-5,8,11,18H,6-7H2,1H3,(H,14,19). The molecule has 10 heteroatoms. The predicted octanol–water partition coefficient (Wildman–Crippen LogP) is 0.0390. The Bertz CT molecular complexity index is 731. The lowest BCUT2D eigenvalue weighted by Gasteiger charge is -2.19. The van der Waals surface area contributed by atoms with E-state index in [0.29, 0.717) is 16.2 Å². The number of phenols is 1. The van der Waals surface area contributed by atoms with Gasteiger partial charge in [-0.1, -0.05) is 12.1 Å². The van der Waals surface area contributed by atoms with Gasteiger partial charge in [-0.3, -0.25) is 0 Å². The van der Waals surface area contributed by atoms with E-state index in [1.54, 1.807) is 0 Å². The Kier molecular flexibility index (Phi) is 4.55. The van der Waals surface area contributed by atoms with Crippen molar-refractivity contribution < 1.29 is 27.9 Å². The molecule has 1 heterocycles. The molecular formula is C13H15N3O6S. The van der Waals surface area contributed by atoms with E-state index >= 15 is 0 Å². The van der Waals surface area contributed by atoms with Gasteiger partial charge in [-0.2, -0.15) is 0 Å². The smallest absolute Gasteiger partial charge is 0.341 e. The highest BCUT2D eigenvalue weighted by Gasteiger charge is 2.38. The Hall–Kier alpha value is -2.62. The Morgan fingerprint density at radius 3 is 2.39 bits per heavy atom. The summed E-state index contributed by atoms with van der Waals surface area (Å²) in [5, 5.41) is 11.6. The summed E-state index contributed by atoms with van der Waals surface area (Å²) >= 11 is 0. The van der Waals surface area contributed by atoms with Gasteiger partial charge in [0.15, 0.2) is 0 Å². The second-order valence-corrected chi connectivity index (χ2v) is 6.83. The maximum Gasteiger partial charge on any atom is 0.341 e. The van der Waals surface area contributed by atoms with Crippen molar-refractivity contribution in [3.05, 3.63) is 29.8 Å². The molecule has 2 rings (SSSR count). The van der Waals surface area contributed by atoms with E-state index in [1.165, 1.54) is 24.3 Å². The summed E-state index contributed by atoms with van der Waals surface area (Å²) in [6.45, 7) is -0.227. The second-order valence-electron chi connectivity index (χ2n) is 4.92. The van der Waals surface area contributed by atoms with Gasteiger partial charge in [0, 0.05) is 0 Å². The maximum atomic E-state index is 12.1. The average molecular weight is 341 g/mol. The molecule has 0 bridgehead atoms. The zero-order chi connectivity index (χ0) is 17.2. The van der Waals surface area contributed by atoms with Crippen molar-refractivity contribution in [2.45, 2.75) is 6.04 Å². The molecule has 1 atom stereocenters. The molecule has 1 aromatic carbocycles. The van der Waals surface area contributed by atoms with E-state index in [0.717, 1.165) is 11.2 Å². The SMILES string of the molecule is CS(=O)(=O)N1CCN(C(=O)NC(C=O)c2ccc(O)cc2)C1=O. The van der Waals surface area contributed by atoms with Crippen molar-refractivity contribution in [1.82, 2.24) is 14.5 Å². The zero-order valence-electron chi connectivity index (χ0n) is 12.2. The Morgan fingerprint density at radius 1 is 1.30 bits per heavy atom. The number of phenolic OH excluding ortho intramolecular Hbond substituents is 1. The molecule has 0 aliphatic carbocycles. The molecule has 1 aromatic rings. The highest BCUT2D eigenvalue weighted by Crippen LogP contribution is 2.17. The molecule has 1 saturated heterocycles. The van der Waals surface area contributed by atoms with E-state index in [2.05, 4.69) is 5.32 Å². The first-order valence-corrected chi connectivity index (χ1v) is 8.43. The molecule has 0 radical (unpaired) electrons. The van der Waals surface area contributed by atoms with Crippen molar-refractivity contribution >= 4 is 28.4 Å². The summed E-state index contributed by atoms with van der Waals surface area (Å²) in [6, 6.07) is 2.75. The quantitative estimate of drug-likeness (QED) is 0.745. The molecule has 1 aliphatic heterocycles. The third-order valence-corrected chi connectivity index (χ3v) is 4.42. The number of urea groups is 2. The van der Waals surface area contributed by atoms with Crippen LogP contribution in [-0.2, 0) is 14.8 Å². The molecule has 124 valence electrons. The van der Waals surface area contributed by atoms with Gasteiger partial charge < -0.3 is 15.2 Å². The van der Waals surface area contributed by atoms with Crippen LogP contribution >= 0.6 is 0 Å². The van der Waals surface area contributed by atoms with Gasteiger partial charge >= 0.3 is 12.1 Å². The zero-order valence-corrected chi connectivity index (χ0v) is 13.0. The van der Waals surface area contributed by atoms with Crippen molar-refractivity contribution in [3.63, 3.8) is 0 Å². The van der Waals surface area contributed by atoms with Crippen LogP contribution in [0, 0.1) is 0 Å². The number of aromatic hydroxyl groups is 1. The number of amides is 4. The third-order valence-electron chi connectivity index (χ3n) is 3.28. The number of aldehydes is 1. The summed E-state index contributed by atoms with van der Waals surface area (Å²) < 4.78 is 23.4. The van der Waals surface area contributed by atoms with Crippen LogP contribution in [0.15, 0.2) is 24.3 Å². The molecule has 4 amide bonds. The second kappa shape index (κ2) is 6.24. The number of sulfonamides is 1. The molecule has 1 aliphatic rings. The number of hydrogen-bond acceptors (Lipinski definition) is 6. The largest absolute Gasteiger partial charge is 0.508 e. The van der Waals surface area contributed by atoms with Gasteiger partial charge in [0.25, 0.3) is 0 Å². The highest BCUT2D eigenvalue weighted by atomic mass is 32.2. The molecule has 23 heavy (non-hydrogen) atoms. The van der Waals surface area contributed by atoms with E-state index in [9.17, 15) is 27.9 Å². The minimum atomic E-state index is -3.74. The molecule has 0 saturated carbocycles. The summed E-state index contributed by atoms with van der Waals surface area (Å²) in [5.74, 6) is 0.00300. The minimum absolute atomic E-state index is 0.00300. The van der Waals surface area contributed by atoms with Crippen LogP contribution < -0.4 is 5.32 Å². The van der Waals surface area contributed by atoms with Crippen LogP contribution in [0.4, 0.5) is 9.59 Å². The maximum absolute atomic E-state index is 12.1. The normalized spacial score (nSPS) is 16.3. The minimum Gasteiger partial charge on any atom is -0.508 e. The first-order valence-electron chi connectivity index (χ1n) is 6.58. The van der Waals surface area contributed by atoms with E-state index in [1.807, 2.05) is 0 Å². The summed E-state index contributed by atoms with van der Waals surface area (Å²) in [4.78, 5) is 35.9. The Morgan fingerprint density at radius 2 is 1.91 bits per heavy atom. The first-order chi connectivity index (χ1) is 10.7. The fraction of sp³-hybridized carbons (Fsp3) is 0.308. The molecule has 1 unspecified atom stereocenters. The van der Waals surface area contributed by atoms with Gasteiger partial charge in [0.1, 0.15) is 18.1 Å². The van der Waals surface area contributed by atoms with Crippen molar-refractivity contribution in [2.24, 2.45) is 0 Å². The Balaban J connectivity index is 2.10. The summed E-state index contributed by atoms with van der Waals surface area (Å²) in [6.07, 6.45) is 1.34. The van der Waals surface area contributed by atoms with Crippen LogP contribution in [-0.4, -0.2) is 60.4 Å². The topological polar surface area (TPSA) is 124 Å². The number of benzene rings is 1. The molecule has 9 nitrogen and oxygen atoms in total. The van der Waals surface area contributed by atoms with E-state index in [4.69, 9.17) is 0 Å². The number of hydrogen-bond donors (Lipinski definition) is 2. The highest BCUT2D eigenvalue weighted by molar-refractivity contribution is 7.88. The number of carbonyl (C=O) groups excluding carboxylic acids is 3. The average Bonchev–Trinajstić information content (AvgIpc) is 2.87. The van der Waals surface area contributed by atoms with E-state index in [-0.39, 0.29) is 18.8 Å². The van der Waals surface area contributed by atoms with Crippen molar-refractivity contribution in [3.8, 4) is 5.75 Å². The molecule has 0 spiro atoms. The van der Waals surface area contributed by atoms with Crippen LogP contribution in [0.1, 0.15) is 11.6 Å². The fourth-order valence-corrected chi connectivity index (χ4v) is 2.90. The third kappa shape index (κ3) is 3.59. The molecular weight excluding hydrogens is 326 g/mol. The first kappa shape index (κ1) is 16.7. The lowest BCUT2D eigenvalue weighted by atomic mass is 10.1. The monoisotopic (exact) mass is 341 g/mol. The van der Waals surface area contributed by atoms with Crippen molar-refractivity contribution in [1.29, 1.82) is 0 Å². The summed E-state index contributed by atoms with van der Waals surface area (Å²) in [5.41, 5.74) is 0.415. The number of imide groups is 1. The lowest BCUT2D eigenvalue weighted by molar-refractivity contribution is -0.109. The molecule has 2 N–H and O–H groups in total. The van der Waals surface area contributed by atoms with Crippen molar-refractivity contribution in [2.75, 3.05) is 19.3 Å². The van der Waals surface area contributed by atoms with Crippen LogP contribution in [0.2, 0.25) is 0 Å². The number of nitrogens with zero attached hydrogens (tertiary/aromatic N) is 2. The predicted molar refractivity (Wildman–Crippen MR) is 79.1 cm³/mol.